The van der Waals surface area contributed by atoms with Crippen LogP contribution in [0.25, 0.3) is 0 Å². The molecule has 0 bridgehead atoms. The van der Waals surface area contributed by atoms with Gasteiger partial charge >= 0.3 is 6.18 Å². The van der Waals surface area contributed by atoms with Gasteiger partial charge in [0.1, 0.15) is 0 Å². The molecule has 0 aliphatic heterocycles. The number of alkyl halides is 3. The standard InChI is InChI=1S/C6H9F3O/c1-3-5(10)4(2)6(7,8)9/h10H,3H2,1-2H3/b5-4-. The minimum absolute atomic E-state index is 0.0192. The summed E-state index contributed by atoms with van der Waals surface area (Å²) in [6.45, 7) is 2.32. The maximum absolute atomic E-state index is 11.7. The Bertz CT molecular complexity index is 146. The quantitative estimate of drug-likeness (QED) is 0.576. The summed E-state index contributed by atoms with van der Waals surface area (Å²) >= 11 is 0. The van der Waals surface area contributed by atoms with Crippen LogP contribution < -0.4 is 0 Å². The molecule has 1 N–H and O–H groups in total. The molecule has 0 saturated carbocycles. The van der Waals surface area contributed by atoms with Crippen LogP contribution in [0.1, 0.15) is 20.3 Å². The lowest BCUT2D eigenvalue weighted by atomic mass is 10.2. The molecule has 4 heteroatoms. The first kappa shape index (κ1) is 9.33. The molecule has 0 heterocycles. The molecule has 0 atom stereocenters. The molecule has 0 fully saturated rings. The van der Waals surface area contributed by atoms with Gasteiger partial charge < -0.3 is 5.11 Å². The molecule has 0 radical (unpaired) electrons. The first-order valence-corrected chi connectivity index (χ1v) is 2.85. The van der Waals surface area contributed by atoms with Gasteiger partial charge in [0.15, 0.2) is 0 Å². The lowest BCUT2D eigenvalue weighted by molar-refractivity contribution is -0.0942. The number of aliphatic hydroxyl groups excluding tert-OH is 1. The van der Waals surface area contributed by atoms with Crippen LogP contribution in [0.15, 0.2) is 11.3 Å². The summed E-state index contributed by atoms with van der Waals surface area (Å²) in [5.74, 6) is -0.590. The first-order chi connectivity index (χ1) is 4.39. The van der Waals surface area contributed by atoms with E-state index in [0.717, 1.165) is 6.92 Å². The van der Waals surface area contributed by atoms with Crippen molar-refractivity contribution >= 4 is 0 Å². The molecule has 0 unspecified atom stereocenters. The van der Waals surface area contributed by atoms with Gasteiger partial charge in [-0.05, 0) is 6.92 Å². The zero-order valence-electron chi connectivity index (χ0n) is 5.79. The van der Waals surface area contributed by atoms with Crippen LogP contribution in [0.4, 0.5) is 13.2 Å². The van der Waals surface area contributed by atoms with E-state index < -0.39 is 17.5 Å². The van der Waals surface area contributed by atoms with E-state index in [4.69, 9.17) is 5.11 Å². The van der Waals surface area contributed by atoms with Crippen molar-refractivity contribution in [3.05, 3.63) is 11.3 Å². The van der Waals surface area contributed by atoms with Crippen LogP contribution in [-0.2, 0) is 0 Å². The highest BCUT2D eigenvalue weighted by Crippen LogP contribution is 2.27. The molecule has 0 saturated heterocycles. The Morgan fingerprint density at radius 3 is 1.90 bits per heavy atom. The van der Waals surface area contributed by atoms with Gasteiger partial charge in [0, 0.05) is 6.42 Å². The minimum Gasteiger partial charge on any atom is -0.512 e. The molecule has 0 aliphatic rings. The summed E-state index contributed by atoms with van der Waals surface area (Å²) in [6.07, 6.45) is -4.37. The van der Waals surface area contributed by atoms with Crippen molar-refractivity contribution in [3.8, 4) is 0 Å². The molecule has 10 heavy (non-hydrogen) atoms. The summed E-state index contributed by atoms with van der Waals surface area (Å²) in [5, 5.41) is 8.62. The molecule has 0 aliphatic carbocycles. The third kappa shape index (κ3) is 2.29. The van der Waals surface area contributed by atoms with E-state index in [-0.39, 0.29) is 6.42 Å². The third-order valence-corrected chi connectivity index (χ3v) is 1.19. The fraction of sp³-hybridized carbons (Fsp3) is 0.667. The zero-order valence-corrected chi connectivity index (χ0v) is 5.79. The van der Waals surface area contributed by atoms with E-state index in [2.05, 4.69) is 0 Å². The summed E-state index contributed by atoms with van der Waals surface area (Å²) in [5.41, 5.74) is -0.907. The normalized spacial score (nSPS) is 14.9. The molecule has 60 valence electrons. The Labute approximate surface area is 57.2 Å². The van der Waals surface area contributed by atoms with Crippen LogP contribution in [0.5, 0.6) is 0 Å². The second-order valence-electron chi connectivity index (χ2n) is 1.92. The van der Waals surface area contributed by atoms with Crippen LogP contribution in [-0.4, -0.2) is 11.3 Å². The lowest BCUT2D eigenvalue weighted by Crippen LogP contribution is -2.11. The molecule has 1 nitrogen and oxygen atoms in total. The summed E-state index contributed by atoms with van der Waals surface area (Å²) in [7, 11) is 0. The van der Waals surface area contributed by atoms with Crippen LogP contribution >= 0.6 is 0 Å². The van der Waals surface area contributed by atoms with E-state index in [1.807, 2.05) is 0 Å². The van der Waals surface area contributed by atoms with E-state index in [9.17, 15) is 13.2 Å². The summed E-state index contributed by atoms with van der Waals surface area (Å²) < 4.78 is 35.0. The van der Waals surface area contributed by atoms with Gasteiger partial charge in [0.05, 0.1) is 11.3 Å². The van der Waals surface area contributed by atoms with E-state index in [1.165, 1.54) is 6.92 Å². The van der Waals surface area contributed by atoms with Gasteiger partial charge in [0.2, 0.25) is 0 Å². The number of rotatable bonds is 1. The second kappa shape index (κ2) is 2.94. The number of hydrogen-bond acceptors (Lipinski definition) is 1. The van der Waals surface area contributed by atoms with Crippen LogP contribution in [0, 0.1) is 0 Å². The van der Waals surface area contributed by atoms with E-state index >= 15 is 0 Å². The summed E-state index contributed by atoms with van der Waals surface area (Å²) in [6, 6.07) is 0. The van der Waals surface area contributed by atoms with Gasteiger partial charge in [-0.3, -0.25) is 0 Å². The van der Waals surface area contributed by atoms with Crippen molar-refractivity contribution in [2.75, 3.05) is 0 Å². The van der Waals surface area contributed by atoms with Crippen molar-refractivity contribution in [2.45, 2.75) is 26.4 Å². The first-order valence-electron chi connectivity index (χ1n) is 2.85. The van der Waals surface area contributed by atoms with Gasteiger partial charge in [0.25, 0.3) is 0 Å². The topological polar surface area (TPSA) is 20.2 Å². The Balaban J connectivity index is 4.47. The average molecular weight is 154 g/mol. The molecule has 0 aromatic carbocycles. The fourth-order valence-electron chi connectivity index (χ4n) is 0.429. The monoisotopic (exact) mass is 154 g/mol. The van der Waals surface area contributed by atoms with E-state index in [0.29, 0.717) is 0 Å². The van der Waals surface area contributed by atoms with Crippen molar-refractivity contribution in [3.63, 3.8) is 0 Å². The van der Waals surface area contributed by atoms with Gasteiger partial charge in [-0.15, -0.1) is 0 Å². The maximum Gasteiger partial charge on any atom is 0.415 e. The maximum atomic E-state index is 11.7. The molecular formula is C6H9F3O. The van der Waals surface area contributed by atoms with Crippen molar-refractivity contribution in [1.29, 1.82) is 0 Å². The Hall–Kier alpha value is -0.670. The Morgan fingerprint density at radius 2 is 1.80 bits per heavy atom. The molecule has 0 amide bonds. The van der Waals surface area contributed by atoms with Gasteiger partial charge in [-0.1, -0.05) is 6.92 Å². The lowest BCUT2D eigenvalue weighted by Gasteiger charge is -2.07. The molecule has 0 aromatic rings. The predicted octanol–water partition coefficient (Wildman–Crippen LogP) is 2.79. The zero-order chi connectivity index (χ0) is 8.36. The molecule has 0 spiro atoms. The second-order valence-corrected chi connectivity index (χ2v) is 1.92. The largest absolute Gasteiger partial charge is 0.512 e. The number of hydrogen-bond donors (Lipinski definition) is 1. The highest BCUT2D eigenvalue weighted by molar-refractivity contribution is 5.09. The minimum atomic E-state index is -4.39. The summed E-state index contributed by atoms with van der Waals surface area (Å²) in [4.78, 5) is 0. The van der Waals surface area contributed by atoms with Crippen molar-refractivity contribution in [2.24, 2.45) is 0 Å². The molecule has 0 aromatic heterocycles. The van der Waals surface area contributed by atoms with Gasteiger partial charge in [-0.2, -0.15) is 13.2 Å². The molecule has 0 rings (SSSR count). The average Bonchev–Trinajstić information content (AvgIpc) is 1.83. The highest BCUT2D eigenvalue weighted by atomic mass is 19.4. The van der Waals surface area contributed by atoms with Crippen LogP contribution in [0.2, 0.25) is 0 Å². The number of aliphatic hydroxyl groups is 1. The number of allylic oxidation sites excluding steroid dienone is 2. The van der Waals surface area contributed by atoms with E-state index in [1.54, 1.807) is 0 Å². The smallest absolute Gasteiger partial charge is 0.415 e. The Kier molecular flexibility index (Phi) is 2.75. The van der Waals surface area contributed by atoms with Gasteiger partial charge in [-0.25, -0.2) is 0 Å². The van der Waals surface area contributed by atoms with Crippen molar-refractivity contribution < 1.29 is 18.3 Å². The van der Waals surface area contributed by atoms with Crippen LogP contribution in [0.3, 0.4) is 0 Å². The highest BCUT2D eigenvalue weighted by Gasteiger charge is 2.32. The third-order valence-electron chi connectivity index (χ3n) is 1.19. The predicted molar refractivity (Wildman–Crippen MR) is 31.7 cm³/mol. The molecular weight excluding hydrogens is 145 g/mol. The fourth-order valence-corrected chi connectivity index (χ4v) is 0.429. The van der Waals surface area contributed by atoms with Crippen molar-refractivity contribution in [1.82, 2.24) is 0 Å². The Morgan fingerprint density at radius 1 is 1.40 bits per heavy atom. The SMILES string of the molecule is CC/C(O)=C(\C)C(F)(F)F. The number of halogens is 3.